The molecule has 0 amide bonds. The predicted molar refractivity (Wildman–Crippen MR) is 56.5 cm³/mol. The van der Waals surface area contributed by atoms with Crippen LogP contribution in [0, 0.1) is 0 Å². The second-order valence-corrected chi connectivity index (χ2v) is 3.05. The van der Waals surface area contributed by atoms with Crippen molar-refractivity contribution in [3.05, 3.63) is 47.5 Å². The summed E-state index contributed by atoms with van der Waals surface area (Å²) in [6.45, 7) is 4.28. The number of hydrogen-bond acceptors (Lipinski definition) is 0. The quantitative estimate of drug-likeness (QED) is 0.303. The summed E-state index contributed by atoms with van der Waals surface area (Å²) >= 11 is 5.73. The van der Waals surface area contributed by atoms with Crippen molar-refractivity contribution in [3.63, 3.8) is 0 Å². The molecule has 13 heavy (non-hydrogen) atoms. The fourth-order valence-electron chi connectivity index (χ4n) is 0.848. The zero-order valence-electron chi connectivity index (χ0n) is 7.37. The van der Waals surface area contributed by atoms with Gasteiger partial charge in [0.15, 0.2) is 0 Å². The van der Waals surface area contributed by atoms with Gasteiger partial charge in [-0.25, -0.2) is 0 Å². The van der Waals surface area contributed by atoms with E-state index in [1.54, 1.807) is 6.29 Å². The highest BCUT2D eigenvalue weighted by Crippen LogP contribution is 2.07. The molecule has 0 saturated heterocycles. The molecule has 1 rings (SSSR count). The van der Waals surface area contributed by atoms with Crippen molar-refractivity contribution in [2.24, 2.45) is 0 Å². The molecule has 68 valence electrons. The molecule has 0 bridgehead atoms. The minimum atomic E-state index is 0.673. The number of benzene rings is 1. The average molecular weight is 196 g/mol. The van der Waals surface area contributed by atoms with E-state index >= 15 is 0 Å². The van der Waals surface area contributed by atoms with Crippen LogP contribution in [0.5, 0.6) is 0 Å². The van der Waals surface area contributed by atoms with Crippen LogP contribution in [0.4, 0.5) is 0 Å². The molecule has 0 spiro atoms. The van der Waals surface area contributed by atoms with Crippen LogP contribution in [0.15, 0.2) is 36.9 Å². The van der Waals surface area contributed by atoms with Gasteiger partial charge in [0.2, 0.25) is 0 Å². The maximum absolute atomic E-state index is 5.73. The summed E-state index contributed by atoms with van der Waals surface area (Å²) in [7, 11) is 0. The molecule has 1 aromatic rings. The van der Waals surface area contributed by atoms with Crippen molar-refractivity contribution in [1.82, 2.24) is 0 Å². The highest BCUT2D eigenvalue weighted by Gasteiger charge is 1.94. The van der Waals surface area contributed by atoms with Gasteiger partial charge in [-0.1, -0.05) is 17.7 Å². The van der Waals surface area contributed by atoms with E-state index in [0.717, 1.165) is 17.0 Å². The molecule has 0 atom stereocenters. The summed E-state index contributed by atoms with van der Waals surface area (Å²) < 4.78 is 5.26. The highest BCUT2D eigenvalue weighted by molar-refractivity contribution is 6.30. The number of rotatable bonds is 4. The average Bonchev–Trinajstić information content (AvgIpc) is 2.15. The Morgan fingerprint density at radius 2 is 2.00 bits per heavy atom. The zero-order chi connectivity index (χ0) is 9.52. The van der Waals surface area contributed by atoms with Gasteiger partial charge in [0.1, 0.15) is 0 Å². The summed E-state index contributed by atoms with van der Waals surface area (Å²) in [6, 6.07) is 7.50. The van der Waals surface area contributed by atoms with Gasteiger partial charge in [-0.05, 0) is 24.3 Å². The van der Waals surface area contributed by atoms with E-state index in [1.165, 1.54) is 0 Å². The number of aldehydes is 1. The van der Waals surface area contributed by atoms with Crippen LogP contribution in [0.2, 0.25) is 5.02 Å². The third-order valence-corrected chi connectivity index (χ3v) is 1.78. The molecule has 0 radical (unpaired) electrons. The van der Waals surface area contributed by atoms with Gasteiger partial charge in [-0.3, -0.25) is 4.42 Å². The first-order valence-corrected chi connectivity index (χ1v) is 4.52. The van der Waals surface area contributed by atoms with E-state index in [1.807, 2.05) is 30.3 Å². The number of hydrogen-bond donors (Lipinski definition) is 0. The minimum Gasteiger partial charge on any atom is -0.261 e. The third kappa shape index (κ3) is 3.90. The second-order valence-electron chi connectivity index (χ2n) is 2.62. The Hall–Kier alpha value is -1.08. The molecule has 0 heterocycles. The molecule has 0 unspecified atom stereocenters. The van der Waals surface area contributed by atoms with Crippen LogP contribution in [0.25, 0.3) is 0 Å². The predicted octanol–water partition coefficient (Wildman–Crippen LogP) is 3.26. The van der Waals surface area contributed by atoms with Crippen molar-refractivity contribution >= 4 is 17.9 Å². The monoisotopic (exact) mass is 195 g/mol. The molecule has 0 saturated carbocycles. The lowest BCUT2D eigenvalue weighted by Gasteiger charge is -1.86. The van der Waals surface area contributed by atoms with E-state index in [0.29, 0.717) is 6.61 Å². The second kappa shape index (κ2) is 5.55. The fourth-order valence-corrected chi connectivity index (χ4v) is 0.974. The first kappa shape index (κ1) is 10.0. The van der Waals surface area contributed by atoms with Gasteiger partial charge in [-0.2, -0.15) is 0 Å². The Kier molecular flexibility index (Phi) is 4.27. The Balaban J connectivity index is 2.49. The largest absolute Gasteiger partial charge is 0.315 e. The highest BCUT2D eigenvalue weighted by atomic mass is 35.5. The lowest BCUT2D eigenvalue weighted by atomic mass is 10.2. The van der Waals surface area contributed by atoms with E-state index < -0.39 is 0 Å². The molecule has 0 aliphatic rings. The van der Waals surface area contributed by atoms with Crippen LogP contribution < -0.4 is 0 Å². The SMILES string of the molecule is C=CCC[O+]=Cc1ccc(Cl)cc1. The lowest BCUT2D eigenvalue weighted by molar-refractivity contribution is -0.261. The molecule has 0 N–H and O–H groups in total. The van der Waals surface area contributed by atoms with Gasteiger partial charge in [0.25, 0.3) is 6.61 Å². The molecule has 0 aliphatic carbocycles. The van der Waals surface area contributed by atoms with Gasteiger partial charge in [-0.15, -0.1) is 6.58 Å². The van der Waals surface area contributed by atoms with Crippen molar-refractivity contribution in [2.75, 3.05) is 6.61 Å². The minimum absolute atomic E-state index is 0.673. The smallest absolute Gasteiger partial charge is 0.261 e. The van der Waals surface area contributed by atoms with Crippen LogP contribution in [0.3, 0.4) is 0 Å². The number of halogens is 1. The molecular formula is C11H12ClO+. The van der Waals surface area contributed by atoms with Crippen LogP contribution in [0.1, 0.15) is 16.4 Å². The van der Waals surface area contributed by atoms with E-state index in [-0.39, 0.29) is 0 Å². The first-order valence-electron chi connectivity index (χ1n) is 4.14. The van der Waals surface area contributed by atoms with E-state index in [9.17, 15) is 0 Å². The van der Waals surface area contributed by atoms with E-state index in [2.05, 4.69) is 6.58 Å². The van der Waals surface area contributed by atoms with E-state index in [4.69, 9.17) is 16.0 Å². The maximum atomic E-state index is 5.73. The fraction of sp³-hybridized carbons (Fsp3) is 0.182. The van der Waals surface area contributed by atoms with Crippen molar-refractivity contribution in [1.29, 1.82) is 0 Å². The molecule has 0 fully saturated rings. The first-order chi connectivity index (χ1) is 6.33. The topological polar surface area (TPSA) is 11.3 Å². The van der Waals surface area contributed by atoms with Crippen molar-refractivity contribution in [2.45, 2.75) is 6.42 Å². The number of carbonyl (C=O) groups excluding carboxylic acids is 1. The summed E-state index contributed by atoms with van der Waals surface area (Å²) in [5, 5.41) is 0.739. The van der Waals surface area contributed by atoms with Gasteiger partial charge >= 0.3 is 6.29 Å². The van der Waals surface area contributed by atoms with Gasteiger partial charge in [0, 0.05) is 5.02 Å². The van der Waals surface area contributed by atoms with Gasteiger partial charge < -0.3 is 0 Å². The van der Waals surface area contributed by atoms with Crippen molar-refractivity contribution in [3.8, 4) is 0 Å². The zero-order valence-corrected chi connectivity index (χ0v) is 8.13. The normalized spacial score (nSPS) is 10.5. The molecule has 1 aromatic carbocycles. The summed E-state index contributed by atoms with van der Waals surface area (Å²) in [5.41, 5.74) is 1.02. The molecule has 0 aliphatic heterocycles. The van der Waals surface area contributed by atoms with Crippen LogP contribution >= 0.6 is 11.6 Å². The summed E-state index contributed by atoms with van der Waals surface area (Å²) in [6.07, 6.45) is 4.42. The summed E-state index contributed by atoms with van der Waals surface area (Å²) in [4.78, 5) is 0. The Morgan fingerprint density at radius 1 is 1.31 bits per heavy atom. The summed E-state index contributed by atoms with van der Waals surface area (Å²) in [5.74, 6) is 0. The standard InChI is InChI=1S/C11H12ClO/c1-2-3-8-13-9-10-4-6-11(12)7-5-10/h2,4-7,9H,1,3,8H2/q+1. The Morgan fingerprint density at radius 3 is 2.62 bits per heavy atom. The Labute approximate surface area is 83.4 Å². The molecular weight excluding hydrogens is 184 g/mol. The van der Waals surface area contributed by atoms with Gasteiger partial charge in [0.05, 0.1) is 12.0 Å². The Bertz CT molecular complexity index is 287. The van der Waals surface area contributed by atoms with Crippen molar-refractivity contribution < 1.29 is 4.42 Å². The van der Waals surface area contributed by atoms with Crippen LogP contribution in [-0.2, 0) is 0 Å². The third-order valence-electron chi connectivity index (χ3n) is 1.53. The molecule has 1 nitrogen and oxygen atoms in total. The maximum Gasteiger partial charge on any atom is 0.315 e. The van der Waals surface area contributed by atoms with Crippen LogP contribution in [-0.4, -0.2) is 12.9 Å². The molecule has 2 heteroatoms. The molecule has 0 aromatic heterocycles. The lowest BCUT2D eigenvalue weighted by Crippen LogP contribution is -1.83.